The summed E-state index contributed by atoms with van der Waals surface area (Å²) in [5.41, 5.74) is 0.159. The Labute approximate surface area is 78.7 Å². The summed E-state index contributed by atoms with van der Waals surface area (Å²) in [6, 6.07) is 0. The van der Waals surface area contributed by atoms with Crippen LogP contribution in [0.15, 0.2) is 12.2 Å². The van der Waals surface area contributed by atoms with Gasteiger partial charge in [0.1, 0.15) is 6.61 Å². The molecule has 1 fully saturated rings. The molecule has 0 aliphatic carbocycles. The highest BCUT2D eigenvalue weighted by molar-refractivity contribution is 5.86. The maximum absolute atomic E-state index is 11.1. The molecule has 0 radical (unpaired) electrons. The fourth-order valence-electron chi connectivity index (χ4n) is 1.29. The van der Waals surface area contributed by atoms with Crippen molar-refractivity contribution in [2.75, 3.05) is 13.2 Å². The molecule has 3 nitrogen and oxygen atoms in total. The van der Waals surface area contributed by atoms with Crippen LogP contribution >= 0.6 is 0 Å². The topological polar surface area (TPSA) is 35.5 Å². The van der Waals surface area contributed by atoms with E-state index in [1.165, 1.54) is 0 Å². The van der Waals surface area contributed by atoms with Crippen molar-refractivity contribution in [2.45, 2.75) is 32.3 Å². The van der Waals surface area contributed by atoms with Gasteiger partial charge >= 0.3 is 5.97 Å². The lowest BCUT2D eigenvalue weighted by Crippen LogP contribution is -2.31. The molecular formula is C10H16O3. The first-order valence-corrected chi connectivity index (χ1v) is 4.50. The second-order valence-electron chi connectivity index (χ2n) is 3.76. The molecular weight excluding hydrogens is 168 g/mol. The van der Waals surface area contributed by atoms with E-state index in [-0.39, 0.29) is 11.6 Å². The number of carbonyl (C=O) groups is 1. The third-order valence-electron chi connectivity index (χ3n) is 2.16. The third kappa shape index (κ3) is 2.84. The second-order valence-corrected chi connectivity index (χ2v) is 3.76. The Morgan fingerprint density at radius 3 is 2.85 bits per heavy atom. The third-order valence-corrected chi connectivity index (χ3v) is 2.16. The Kier molecular flexibility index (Phi) is 3.09. The van der Waals surface area contributed by atoms with E-state index in [0.29, 0.717) is 12.2 Å². The summed E-state index contributed by atoms with van der Waals surface area (Å²) in [6.07, 6.45) is 2.00. The van der Waals surface area contributed by atoms with E-state index in [9.17, 15) is 4.79 Å². The monoisotopic (exact) mass is 184 g/mol. The molecule has 0 aromatic heterocycles. The smallest absolute Gasteiger partial charge is 0.333 e. The predicted molar refractivity (Wildman–Crippen MR) is 49.4 cm³/mol. The van der Waals surface area contributed by atoms with Gasteiger partial charge < -0.3 is 9.47 Å². The Morgan fingerprint density at radius 1 is 1.69 bits per heavy atom. The molecule has 0 aromatic rings. The summed E-state index contributed by atoms with van der Waals surface area (Å²) in [7, 11) is 0. The van der Waals surface area contributed by atoms with Gasteiger partial charge in [-0.3, -0.25) is 0 Å². The van der Waals surface area contributed by atoms with Crippen molar-refractivity contribution in [3.05, 3.63) is 12.2 Å². The van der Waals surface area contributed by atoms with Gasteiger partial charge in [-0.25, -0.2) is 4.79 Å². The van der Waals surface area contributed by atoms with Crippen LogP contribution < -0.4 is 0 Å². The number of esters is 1. The van der Waals surface area contributed by atoms with Crippen LogP contribution in [-0.4, -0.2) is 24.8 Å². The molecule has 1 aliphatic rings. The van der Waals surface area contributed by atoms with E-state index in [1.807, 2.05) is 6.92 Å². The van der Waals surface area contributed by atoms with Crippen molar-refractivity contribution in [3.63, 3.8) is 0 Å². The van der Waals surface area contributed by atoms with E-state index < -0.39 is 0 Å². The summed E-state index contributed by atoms with van der Waals surface area (Å²) in [5, 5.41) is 0. The van der Waals surface area contributed by atoms with E-state index >= 15 is 0 Å². The average Bonchev–Trinajstić information content (AvgIpc) is 2.48. The zero-order valence-corrected chi connectivity index (χ0v) is 8.26. The van der Waals surface area contributed by atoms with Crippen molar-refractivity contribution in [1.29, 1.82) is 0 Å². The highest BCUT2D eigenvalue weighted by Crippen LogP contribution is 2.25. The molecule has 0 saturated carbocycles. The van der Waals surface area contributed by atoms with Crippen LogP contribution in [0.4, 0.5) is 0 Å². The van der Waals surface area contributed by atoms with Crippen LogP contribution in [0.3, 0.4) is 0 Å². The summed E-state index contributed by atoms with van der Waals surface area (Å²) in [5.74, 6) is -0.336. The Morgan fingerprint density at radius 2 is 2.38 bits per heavy atom. The SMILES string of the molecule is C=C(C)C(=O)OCC1(C)CCCO1. The molecule has 1 atom stereocenters. The fourth-order valence-corrected chi connectivity index (χ4v) is 1.29. The van der Waals surface area contributed by atoms with Gasteiger partial charge in [0.15, 0.2) is 0 Å². The predicted octanol–water partition coefficient (Wildman–Crippen LogP) is 1.67. The second kappa shape index (κ2) is 3.92. The highest BCUT2D eigenvalue weighted by atomic mass is 16.6. The van der Waals surface area contributed by atoms with Gasteiger partial charge in [0.25, 0.3) is 0 Å². The number of carbonyl (C=O) groups excluding carboxylic acids is 1. The molecule has 1 unspecified atom stereocenters. The normalized spacial score (nSPS) is 27.2. The van der Waals surface area contributed by atoms with Crippen molar-refractivity contribution in [2.24, 2.45) is 0 Å². The maximum Gasteiger partial charge on any atom is 0.333 e. The number of ether oxygens (including phenoxy) is 2. The molecule has 1 saturated heterocycles. The lowest BCUT2D eigenvalue weighted by Gasteiger charge is -2.22. The standard InChI is InChI=1S/C10H16O3/c1-8(2)9(11)12-7-10(3)5-4-6-13-10/h1,4-7H2,2-3H3. The van der Waals surface area contributed by atoms with Crippen molar-refractivity contribution < 1.29 is 14.3 Å². The highest BCUT2D eigenvalue weighted by Gasteiger charge is 2.31. The van der Waals surface area contributed by atoms with Crippen molar-refractivity contribution >= 4 is 5.97 Å². The lowest BCUT2D eigenvalue weighted by atomic mass is 10.0. The molecule has 0 N–H and O–H groups in total. The molecule has 3 heteroatoms. The minimum atomic E-state index is -0.336. The molecule has 1 rings (SSSR count). The van der Waals surface area contributed by atoms with Gasteiger partial charge in [-0.1, -0.05) is 6.58 Å². The van der Waals surface area contributed by atoms with Gasteiger partial charge in [0, 0.05) is 12.2 Å². The average molecular weight is 184 g/mol. The molecule has 13 heavy (non-hydrogen) atoms. The van der Waals surface area contributed by atoms with Gasteiger partial charge in [-0.05, 0) is 26.7 Å². The molecule has 1 heterocycles. The van der Waals surface area contributed by atoms with Crippen LogP contribution in [0.2, 0.25) is 0 Å². The number of rotatable bonds is 3. The van der Waals surface area contributed by atoms with E-state index in [1.54, 1.807) is 6.92 Å². The van der Waals surface area contributed by atoms with Crippen molar-refractivity contribution in [1.82, 2.24) is 0 Å². The van der Waals surface area contributed by atoms with Gasteiger partial charge in [0.2, 0.25) is 0 Å². The summed E-state index contributed by atoms with van der Waals surface area (Å²) in [6.45, 7) is 8.21. The van der Waals surface area contributed by atoms with Crippen LogP contribution in [0.5, 0.6) is 0 Å². The summed E-state index contributed by atoms with van der Waals surface area (Å²) in [4.78, 5) is 11.1. The van der Waals surface area contributed by atoms with Crippen LogP contribution in [0.25, 0.3) is 0 Å². The first-order valence-electron chi connectivity index (χ1n) is 4.50. The zero-order chi connectivity index (χ0) is 9.90. The largest absolute Gasteiger partial charge is 0.459 e. The van der Waals surface area contributed by atoms with E-state index in [2.05, 4.69) is 6.58 Å². The van der Waals surface area contributed by atoms with Crippen LogP contribution in [0, 0.1) is 0 Å². The summed E-state index contributed by atoms with van der Waals surface area (Å²) >= 11 is 0. The van der Waals surface area contributed by atoms with Crippen LogP contribution in [-0.2, 0) is 14.3 Å². The van der Waals surface area contributed by atoms with E-state index in [0.717, 1.165) is 19.4 Å². The maximum atomic E-state index is 11.1. The summed E-state index contributed by atoms with van der Waals surface area (Å²) < 4.78 is 10.5. The van der Waals surface area contributed by atoms with Crippen molar-refractivity contribution in [3.8, 4) is 0 Å². The Hall–Kier alpha value is -0.830. The minimum absolute atomic E-state index is 0.273. The lowest BCUT2D eigenvalue weighted by molar-refractivity contribution is -0.146. The van der Waals surface area contributed by atoms with Gasteiger partial charge in [-0.2, -0.15) is 0 Å². The Bertz CT molecular complexity index is 214. The quantitative estimate of drug-likeness (QED) is 0.494. The van der Waals surface area contributed by atoms with Gasteiger partial charge in [-0.15, -0.1) is 0 Å². The first kappa shape index (κ1) is 10.3. The van der Waals surface area contributed by atoms with Gasteiger partial charge in [0.05, 0.1) is 5.60 Å². The van der Waals surface area contributed by atoms with Crippen LogP contribution in [0.1, 0.15) is 26.7 Å². The van der Waals surface area contributed by atoms with E-state index in [4.69, 9.17) is 9.47 Å². The number of hydrogen-bond donors (Lipinski definition) is 0. The molecule has 1 aliphatic heterocycles. The minimum Gasteiger partial charge on any atom is -0.459 e. The molecule has 0 bridgehead atoms. The molecule has 0 aromatic carbocycles. The molecule has 0 spiro atoms. The molecule has 74 valence electrons. The first-order chi connectivity index (χ1) is 6.03. The number of hydrogen-bond acceptors (Lipinski definition) is 3. The zero-order valence-electron chi connectivity index (χ0n) is 8.26. The Balaban J connectivity index is 2.33. The molecule has 0 amide bonds. The fraction of sp³-hybridized carbons (Fsp3) is 0.700.